The lowest BCUT2D eigenvalue weighted by Gasteiger charge is -2.12. The Labute approximate surface area is 112 Å². The van der Waals surface area contributed by atoms with Crippen molar-refractivity contribution in [2.75, 3.05) is 18.8 Å². The molecule has 0 aliphatic heterocycles. The van der Waals surface area contributed by atoms with Gasteiger partial charge in [-0.3, -0.25) is 0 Å². The highest BCUT2D eigenvalue weighted by atomic mass is 79.9. The minimum atomic E-state index is 0.712. The first-order valence-electron chi connectivity index (χ1n) is 5.82. The van der Waals surface area contributed by atoms with E-state index in [1.54, 1.807) is 0 Å². The monoisotopic (exact) mass is 301 g/mol. The second-order valence-corrected chi connectivity index (χ2v) is 5.97. The Morgan fingerprint density at radius 1 is 1.38 bits per heavy atom. The average Bonchev–Trinajstić information content (AvgIpc) is 2.28. The van der Waals surface area contributed by atoms with Gasteiger partial charge in [-0.25, -0.2) is 0 Å². The highest BCUT2D eigenvalue weighted by Crippen LogP contribution is 2.28. The van der Waals surface area contributed by atoms with E-state index in [0.717, 1.165) is 13.1 Å². The molecule has 1 aromatic rings. The largest absolute Gasteiger partial charge is 0.316 e. The Kier molecular flexibility index (Phi) is 7.17. The van der Waals surface area contributed by atoms with Gasteiger partial charge in [0.1, 0.15) is 0 Å². The number of thioether (sulfide) groups is 1. The molecule has 0 fully saturated rings. The second kappa shape index (κ2) is 8.15. The number of halogens is 1. The zero-order valence-electron chi connectivity index (χ0n) is 10.0. The van der Waals surface area contributed by atoms with Crippen LogP contribution in [-0.2, 0) is 0 Å². The minimum Gasteiger partial charge on any atom is -0.316 e. The fourth-order valence-electron chi connectivity index (χ4n) is 1.38. The van der Waals surface area contributed by atoms with Crippen LogP contribution >= 0.6 is 27.7 Å². The topological polar surface area (TPSA) is 12.0 Å². The molecule has 90 valence electrons. The SMILES string of the molecule is CCCNCC(C)CSc1ccccc1Br. The first-order valence-corrected chi connectivity index (χ1v) is 7.60. The van der Waals surface area contributed by atoms with Crippen molar-refractivity contribution in [2.24, 2.45) is 5.92 Å². The number of hydrogen-bond donors (Lipinski definition) is 1. The van der Waals surface area contributed by atoms with Crippen molar-refractivity contribution < 1.29 is 0 Å². The van der Waals surface area contributed by atoms with Crippen LogP contribution in [-0.4, -0.2) is 18.8 Å². The number of rotatable bonds is 7. The van der Waals surface area contributed by atoms with E-state index in [4.69, 9.17) is 0 Å². The summed E-state index contributed by atoms with van der Waals surface area (Å²) in [4.78, 5) is 1.34. The van der Waals surface area contributed by atoms with E-state index in [9.17, 15) is 0 Å². The Balaban J connectivity index is 2.26. The van der Waals surface area contributed by atoms with Crippen LogP contribution in [0.2, 0.25) is 0 Å². The first-order chi connectivity index (χ1) is 7.74. The lowest BCUT2D eigenvalue weighted by molar-refractivity contribution is 0.557. The van der Waals surface area contributed by atoms with Crippen LogP contribution in [0.25, 0.3) is 0 Å². The van der Waals surface area contributed by atoms with Gasteiger partial charge >= 0.3 is 0 Å². The molecule has 0 aliphatic carbocycles. The third kappa shape index (κ3) is 5.37. The lowest BCUT2D eigenvalue weighted by atomic mass is 10.2. The quantitative estimate of drug-likeness (QED) is 0.599. The van der Waals surface area contributed by atoms with Crippen LogP contribution in [0, 0.1) is 5.92 Å². The standard InChI is InChI=1S/C13H20BrNS/c1-3-8-15-9-11(2)10-16-13-7-5-4-6-12(13)14/h4-7,11,15H,3,8-10H2,1-2H3. The fraction of sp³-hybridized carbons (Fsp3) is 0.538. The normalized spacial score (nSPS) is 12.7. The highest BCUT2D eigenvalue weighted by molar-refractivity contribution is 9.10. The van der Waals surface area contributed by atoms with Crippen LogP contribution in [0.4, 0.5) is 0 Å². The van der Waals surface area contributed by atoms with Crippen molar-refractivity contribution in [3.05, 3.63) is 28.7 Å². The molecule has 1 rings (SSSR count). The molecule has 1 atom stereocenters. The molecule has 1 N–H and O–H groups in total. The van der Waals surface area contributed by atoms with Gasteiger partial charge in [0.2, 0.25) is 0 Å². The maximum absolute atomic E-state index is 3.57. The third-order valence-electron chi connectivity index (χ3n) is 2.28. The maximum Gasteiger partial charge on any atom is 0.0311 e. The van der Waals surface area contributed by atoms with E-state index in [2.05, 4.69) is 59.4 Å². The van der Waals surface area contributed by atoms with Gasteiger partial charge in [-0.15, -0.1) is 11.8 Å². The molecular formula is C13H20BrNS. The van der Waals surface area contributed by atoms with Crippen molar-refractivity contribution in [2.45, 2.75) is 25.2 Å². The van der Waals surface area contributed by atoms with Crippen LogP contribution in [0.3, 0.4) is 0 Å². The zero-order chi connectivity index (χ0) is 11.8. The van der Waals surface area contributed by atoms with Gasteiger partial charge in [0.15, 0.2) is 0 Å². The summed E-state index contributed by atoms with van der Waals surface area (Å²) in [5.41, 5.74) is 0. The maximum atomic E-state index is 3.57. The molecule has 1 nitrogen and oxygen atoms in total. The minimum absolute atomic E-state index is 0.712. The highest BCUT2D eigenvalue weighted by Gasteiger charge is 2.04. The van der Waals surface area contributed by atoms with Gasteiger partial charge in [-0.1, -0.05) is 26.0 Å². The molecular weight excluding hydrogens is 282 g/mol. The van der Waals surface area contributed by atoms with E-state index < -0.39 is 0 Å². The van der Waals surface area contributed by atoms with E-state index in [1.807, 2.05) is 11.8 Å². The predicted molar refractivity (Wildman–Crippen MR) is 77.2 cm³/mol. The predicted octanol–water partition coefficient (Wildman–Crippen LogP) is 4.18. The molecule has 0 saturated heterocycles. The van der Waals surface area contributed by atoms with Crippen LogP contribution in [0.15, 0.2) is 33.6 Å². The average molecular weight is 302 g/mol. The number of hydrogen-bond acceptors (Lipinski definition) is 2. The third-order valence-corrected chi connectivity index (χ3v) is 4.64. The van der Waals surface area contributed by atoms with Crippen molar-refractivity contribution in [3.8, 4) is 0 Å². The van der Waals surface area contributed by atoms with Gasteiger partial charge in [-0.2, -0.15) is 0 Å². The molecule has 1 unspecified atom stereocenters. The Morgan fingerprint density at radius 3 is 2.81 bits per heavy atom. The van der Waals surface area contributed by atoms with Crippen molar-refractivity contribution in [1.82, 2.24) is 5.32 Å². The summed E-state index contributed by atoms with van der Waals surface area (Å²) in [6.07, 6.45) is 1.21. The first kappa shape index (κ1) is 14.1. The van der Waals surface area contributed by atoms with E-state index >= 15 is 0 Å². The summed E-state index contributed by atoms with van der Waals surface area (Å²) in [5.74, 6) is 1.88. The smallest absolute Gasteiger partial charge is 0.0311 e. The molecule has 0 amide bonds. The van der Waals surface area contributed by atoms with Crippen LogP contribution in [0.5, 0.6) is 0 Å². The van der Waals surface area contributed by atoms with Gasteiger partial charge < -0.3 is 5.32 Å². The van der Waals surface area contributed by atoms with E-state index in [-0.39, 0.29) is 0 Å². The summed E-state index contributed by atoms with van der Waals surface area (Å²) in [7, 11) is 0. The number of benzene rings is 1. The molecule has 0 radical (unpaired) electrons. The second-order valence-electron chi connectivity index (χ2n) is 4.05. The summed E-state index contributed by atoms with van der Waals surface area (Å²) >= 11 is 5.50. The molecule has 3 heteroatoms. The van der Waals surface area contributed by atoms with Gasteiger partial charge in [0, 0.05) is 15.1 Å². The lowest BCUT2D eigenvalue weighted by Crippen LogP contribution is -2.23. The Bertz CT molecular complexity index is 304. The van der Waals surface area contributed by atoms with Gasteiger partial charge in [0.25, 0.3) is 0 Å². The Hall–Kier alpha value is 0.01000. The molecule has 1 aromatic carbocycles. The van der Waals surface area contributed by atoms with Gasteiger partial charge in [-0.05, 0) is 53.5 Å². The van der Waals surface area contributed by atoms with E-state index in [0.29, 0.717) is 5.92 Å². The summed E-state index contributed by atoms with van der Waals surface area (Å²) in [6, 6.07) is 8.41. The fourth-order valence-corrected chi connectivity index (χ4v) is 2.97. The Morgan fingerprint density at radius 2 is 2.12 bits per heavy atom. The van der Waals surface area contributed by atoms with Crippen LogP contribution in [0.1, 0.15) is 20.3 Å². The number of nitrogens with one attached hydrogen (secondary N) is 1. The summed E-state index contributed by atoms with van der Waals surface area (Å²) in [6.45, 7) is 6.75. The molecule has 0 aromatic heterocycles. The molecule has 16 heavy (non-hydrogen) atoms. The van der Waals surface area contributed by atoms with Crippen LogP contribution < -0.4 is 5.32 Å². The molecule has 0 aliphatic rings. The molecule has 0 spiro atoms. The summed E-state index contributed by atoms with van der Waals surface area (Å²) in [5, 5.41) is 3.46. The van der Waals surface area contributed by atoms with E-state index in [1.165, 1.54) is 21.5 Å². The molecule has 0 saturated carbocycles. The molecule has 0 bridgehead atoms. The summed E-state index contributed by atoms with van der Waals surface area (Å²) < 4.78 is 1.20. The van der Waals surface area contributed by atoms with Crippen molar-refractivity contribution >= 4 is 27.7 Å². The van der Waals surface area contributed by atoms with Crippen molar-refractivity contribution in [1.29, 1.82) is 0 Å². The van der Waals surface area contributed by atoms with Gasteiger partial charge in [0.05, 0.1) is 0 Å². The van der Waals surface area contributed by atoms with Crippen molar-refractivity contribution in [3.63, 3.8) is 0 Å². The zero-order valence-corrected chi connectivity index (χ0v) is 12.4. The molecule has 0 heterocycles.